The number of furan rings is 1. The molecule has 0 radical (unpaired) electrons. The Morgan fingerprint density at radius 2 is 2.04 bits per heavy atom. The molecule has 0 aromatic carbocycles. The van der Waals surface area contributed by atoms with Crippen molar-refractivity contribution < 1.29 is 13.7 Å². The summed E-state index contributed by atoms with van der Waals surface area (Å²) in [5.74, 6) is 1.33. The molecule has 1 fully saturated rings. The smallest absolute Gasteiger partial charge is 0.259 e. The van der Waals surface area contributed by atoms with Crippen molar-refractivity contribution in [2.24, 2.45) is 5.92 Å². The summed E-state index contributed by atoms with van der Waals surface area (Å²) in [6.45, 7) is 4.11. The number of nitrogens with zero attached hydrogens (tertiary/aromatic N) is 3. The molecule has 1 saturated carbocycles. The Bertz CT molecular complexity index is 921. The van der Waals surface area contributed by atoms with Crippen LogP contribution >= 0.6 is 0 Å². The van der Waals surface area contributed by atoms with Crippen molar-refractivity contribution >= 4 is 17.0 Å². The van der Waals surface area contributed by atoms with E-state index < -0.39 is 0 Å². The lowest BCUT2D eigenvalue weighted by Gasteiger charge is -2.33. The minimum Gasteiger partial charge on any atom is -0.463 e. The van der Waals surface area contributed by atoms with E-state index in [-0.39, 0.29) is 11.9 Å². The van der Waals surface area contributed by atoms with Gasteiger partial charge in [-0.2, -0.15) is 0 Å². The lowest BCUT2D eigenvalue weighted by atomic mass is 9.86. The Hall–Kier alpha value is -2.63. The number of amides is 1. The fraction of sp³-hybridized carbons (Fsp3) is 0.450. The molecule has 3 heterocycles. The summed E-state index contributed by atoms with van der Waals surface area (Å²) in [5.41, 5.74) is 2.19. The zero-order valence-electron chi connectivity index (χ0n) is 15.4. The summed E-state index contributed by atoms with van der Waals surface area (Å²) >= 11 is 0. The summed E-state index contributed by atoms with van der Waals surface area (Å²) in [4.78, 5) is 19.7. The first-order chi connectivity index (χ1) is 12.5. The third-order valence-corrected chi connectivity index (χ3v) is 5.47. The molecule has 0 spiro atoms. The van der Waals surface area contributed by atoms with Crippen LogP contribution in [0.2, 0.25) is 0 Å². The Balaban J connectivity index is 1.74. The minimum atomic E-state index is -0.0175. The van der Waals surface area contributed by atoms with Crippen molar-refractivity contribution in [3.05, 3.63) is 35.7 Å². The van der Waals surface area contributed by atoms with Crippen molar-refractivity contribution in [3.63, 3.8) is 0 Å². The van der Waals surface area contributed by atoms with Gasteiger partial charge in [0.15, 0.2) is 5.76 Å². The maximum atomic E-state index is 13.3. The Labute approximate surface area is 152 Å². The number of fused-ring (bicyclic) bond motifs is 1. The van der Waals surface area contributed by atoms with Crippen molar-refractivity contribution in [3.8, 4) is 11.5 Å². The summed E-state index contributed by atoms with van der Waals surface area (Å²) in [6, 6.07) is 5.67. The van der Waals surface area contributed by atoms with E-state index in [2.05, 4.69) is 17.1 Å². The van der Waals surface area contributed by atoms with Gasteiger partial charge in [0.05, 0.1) is 22.9 Å². The Morgan fingerprint density at radius 1 is 1.27 bits per heavy atom. The van der Waals surface area contributed by atoms with E-state index in [0.717, 1.165) is 31.6 Å². The van der Waals surface area contributed by atoms with Crippen LogP contribution in [0.15, 0.2) is 33.4 Å². The summed E-state index contributed by atoms with van der Waals surface area (Å²) in [7, 11) is 1.89. The maximum Gasteiger partial charge on any atom is 0.259 e. The number of hydrogen-bond donors (Lipinski definition) is 0. The van der Waals surface area contributed by atoms with Gasteiger partial charge in [0.2, 0.25) is 0 Å². The molecular weight excluding hydrogens is 330 g/mol. The highest BCUT2D eigenvalue weighted by Crippen LogP contribution is 2.31. The van der Waals surface area contributed by atoms with Gasteiger partial charge in [-0.05, 0) is 56.7 Å². The molecule has 26 heavy (non-hydrogen) atoms. The molecule has 0 aliphatic heterocycles. The SMILES string of the molecule is Cc1noc2nc(-c3ccco3)cc(C(=O)N(C)C3CCC(C)CC3)c12. The topological polar surface area (TPSA) is 72.4 Å². The zero-order valence-corrected chi connectivity index (χ0v) is 15.4. The lowest BCUT2D eigenvalue weighted by Crippen LogP contribution is -2.39. The van der Waals surface area contributed by atoms with Gasteiger partial charge >= 0.3 is 0 Å². The molecule has 3 aromatic rings. The van der Waals surface area contributed by atoms with Gasteiger partial charge in [0, 0.05) is 13.1 Å². The number of pyridine rings is 1. The van der Waals surface area contributed by atoms with Crippen LogP contribution in [0.1, 0.15) is 48.7 Å². The molecule has 0 saturated heterocycles. The van der Waals surface area contributed by atoms with E-state index in [9.17, 15) is 4.79 Å². The summed E-state index contributed by atoms with van der Waals surface area (Å²) < 4.78 is 10.8. The minimum absolute atomic E-state index is 0.0175. The number of rotatable bonds is 3. The van der Waals surface area contributed by atoms with Crippen molar-refractivity contribution in [2.75, 3.05) is 7.05 Å². The van der Waals surface area contributed by atoms with Gasteiger partial charge in [0.25, 0.3) is 11.6 Å². The quantitative estimate of drug-likeness (QED) is 0.696. The Morgan fingerprint density at radius 3 is 2.73 bits per heavy atom. The predicted octanol–water partition coefficient (Wildman–Crippen LogP) is 4.44. The molecule has 1 aliphatic rings. The third-order valence-electron chi connectivity index (χ3n) is 5.47. The van der Waals surface area contributed by atoms with E-state index in [1.54, 1.807) is 18.4 Å². The maximum absolute atomic E-state index is 13.3. The molecule has 3 aromatic heterocycles. The molecule has 1 amide bonds. The van der Waals surface area contributed by atoms with Gasteiger partial charge < -0.3 is 13.8 Å². The lowest BCUT2D eigenvalue weighted by molar-refractivity contribution is 0.0681. The first kappa shape index (κ1) is 16.8. The number of aromatic nitrogens is 2. The normalized spacial score (nSPS) is 20.4. The third kappa shape index (κ3) is 2.89. The van der Waals surface area contributed by atoms with Gasteiger partial charge in [0.1, 0.15) is 5.69 Å². The second-order valence-corrected chi connectivity index (χ2v) is 7.31. The first-order valence-corrected chi connectivity index (χ1v) is 9.12. The van der Waals surface area contributed by atoms with Crippen molar-refractivity contribution in [2.45, 2.75) is 45.6 Å². The number of aryl methyl sites for hydroxylation is 1. The second kappa shape index (κ2) is 6.59. The van der Waals surface area contributed by atoms with E-state index in [1.807, 2.05) is 24.9 Å². The number of carbonyl (C=O) groups excluding carboxylic acids is 1. The molecule has 0 atom stereocenters. The fourth-order valence-electron chi connectivity index (χ4n) is 3.80. The van der Waals surface area contributed by atoms with E-state index >= 15 is 0 Å². The standard InChI is InChI=1S/C20H23N3O3/c1-12-6-8-14(9-7-12)23(3)20(24)15-11-16(17-5-4-10-25-17)21-19-18(15)13(2)22-26-19/h4-5,10-12,14H,6-9H2,1-3H3. The van der Waals surface area contributed by atoms with Crippen LogP contribution in [0.3, 0.4) is 0 Å². The van der Waals surface area contributed by atoms with Gasteiger partial charge in [-0.25, -0.2) is 4.98 Å². The molecule has 4 rings (SSSR count). The molecule has 0 unspecified atom stereocenters. The van der Waals surface area contributed by atoms with Gasteiger partial charge in [-0.1, -0.05) is 12.1 Å². The average molecular weight is 353 g/mol. The molecule has 136 valence electrons. The monoisotopic (exact) mass is 353 g/mol. The number of hydrogen-bond acceptors (Lipinski definition) is 5. The largest absolute Gasteiger partial charge is 0.463 e. The van der Waals surface area contributed by atoms with Crippen LogP contribution in [0.4, 0.5) is 0 Å². The Kier molecular flexibility index (Phi) is 4.26. The average Bonchev–Trinajstić information content (AvgIpc) is 3.31. The van der Waals surface area contributed by atoms with Crippen LogP contribution in [-0.2, 0) is 0 Å². The molecule has 0 bridgehead atoms. The van der Waals surface area contributed by atoms with Crippen LogP contribution < -0.4 is 0 Å². The van der Waals surface area contributed by atoms with E-state index in [4.69, 9.17) is 8.94 Å². The van der Waals surface area contributed by atoms with Crippen molar-refractivity contribution in [1.29, 1.82) is 0 Å². The second-order valence-electron chi connectivity index (χ2n) is 7.31. The first-order valence-electron chi connectivity index (χ1n) is 9.12. The molecule has 1 aliphatic carbocycles. The van der Waals surface area contributed by atoms with Gasteiger partial charge in [-0.15, -0.1) is 0 Å². The van der Waals surface area contributed by atoms with Gasteiger partial charge in [-0.3, -0.25) is 4.79 Å². The summed E-state index contributed by atoms with van der Waals surface area (Å²) in [5, 5.41) is 4.69. The molecule has 6 nitrogen and oxygen atoms in total. The highest BCUT2D eigenvalue weighted by Gasteiger charge is 2.28. The highest BCUT2D eigenvalue weighted by atomic mass is 16.5. The van der Waals surface area contributed by atoms with E-state index in [1.165, 1.54) is 0 Å². The molecular formula is C20H23N3O3. The van der Waals surface area contributed by atoms with Crippen LogP contribution in [0.5, 0.6) is 0 Å². The zero-order chi connectivity index (χ0) is 18.3. The number of carbonyl (C=O) groups is 1. The van der Waals surface area contributed by atoms with Crippen LogP contribution in [-0.4, -0.2) is 34.0 Å². The molecule has 6 heteroatoms. The predicted molar refractivity (Wildman–Crippen MR) is 97.8 cm³/mol. The van der Waals surface area contributed by atoms with Crippen LogP contribution in [0, 0.1) is 12.8 Å². The van der Waals surface area contributed by atoms with E-state index in [0.29, 0.717) is 33.8 Å². The van der Waals surface area contributed by atoms with Crippen molar-refractivity contribution in [1.82, 2.24) is 15.0 Å². The van der Waals surface area contributed by atoms with Crippen LogP contribution in [0.25, 0.3) is 22.6 Å². The molecule has 0 N–H and O–H groups in total. The summed E-state index contributed by atoms with van der Waals surface area (Å²) in [6.07, 6.45) is 6.01. The fourth-order valence-corrected chi connectivity index (χ4v) is 3.80. The highest BCUT2D eigenvalue weighted by molar-refractivity contribution is 6.06.